The molecule has 2 fully saturated rings. The highest BCUT2D eigenvalue weighted by Gasteiger charge is 2.38. The lowest BCUT2D eigenvalue weighted by atomic mass is 10.2. The highest BCUT2D eigenvalue weighted by molar-refractivity contribution is 6.19. The molecule has 7 heteroatoms. The number of aromatic hydroxyl groups is 1. The molecular weight excluding hydrogens is 368 g/mol. The van der Waals surface area contributed by atoms with Crippen LogP contribution < -0.4 is 14.7 Å². The zero-order valence-corrected chi connectivity index (χ0v) is 16.8. The Morgan fingerprint density at radius 3 is 1.66 bits per heavy atom. The molecule has 0 bridgehead atoms. The summed E-state index contributed by atoms with van der Waals surface area (Å²) in [6.07, 6.45) is 0. The number of hydrogen-bond acceptors (Lipinski definition) is 5. The third-order valence-corrected chi connectivity index (χ3v) is 5.58. The minimum Gasteiger partial charge on any atom is -0.508 e. The van der Waals surface area contributed by atoms with Crippen LogP contribution in [0, 0.1) is 0 Å². The van der Waals surface area contributed by atoms with Gasteiger partial charge in [-0.3, -0.25) is 4.79 Å². The van der Waals surface area contributed by atoms with Crippen LogP contribution in [0.4, 0.5) is 21.9 Å². The van der Waals surface area contributed by atoms with E-state index in [0.717, 1.165) is 37.6 Å². The summed E-state index contributed by atoms with van der Waals surface area (Å²) in [6.45, 7) is 7.49. The molecule has 0 radical (unpaired) electrons. The van der Waals surface area contributed by atoms with E-state index in [4.69, 9.17) is 0 Å². The first-order chi connectivity index (χ1) is 13.9. The Morgan fingerprint density at radius 1 is 0.759 bits per heavy atom. The van der Waals surface area contributed by atoms with Crippen molar-refractivity contribution in [2.45, 2.75) is 19.9 Å². The van der Waals surface area contributed by atoms with Gasteiger partial charge in [-0.15, -0.1) is 0 Å². The molecule has 0 atom stereocenters. The van der Waals surface area contributed by atoms with E-state index in [9.17, 15) is 14.7 Å². The predicted molar refractivity (Wildman–Crippen MR) is 114 cm³/mol. The number of urea groups is 1. The van der Waals surface area contributed by atoms with E-state index in [-0.39, 0.29) is 30.3 Å². The molecule has 0 saturated carbocycles. The molecule has 7 nitrogen and oxygen atoms in total. The molecule has 3 amide bonds. The number of nitrogens with zero attached hydrogens (tertiary/aromatic N) is 4. The van der Waals surface area contributed by atoms with Gasteiger partial charge in [-0.05, 0) is 62.4 Å². The van der Waals surface area contributed by atoms with Crippen LogP contribution in [0.25, 0.3) is 0 Å². The van der Waals surface area contributed by atoms with E-state index >= 15 is 0 Å². The van der Waals surface area contributed by atoms with Gasteiger partial charge >= 0.3 is 6.03 Å². The molecule has 1 N–H and O–H groups in total. The third-order valence-electron chi connectivity index (χ3n) is 5.58. The summed E-state index contributed by atoms with van der Waals surface area (Å²) in [5, 5.41) is 9.45. The minimum absolute atomic E-state index is 0.000556. The highest BCUT2D eigenvalue weighted by atomic mass is 16.3. The van der Waals surface area contributed by atoms with Crippen molar-refractivity contribution in [2.75, 3.05) is 47.4 Å². The molecule has 0 aliphatic carbocycles. The van der Waals surface area contributed by atoms with Crippen LogP contribution in [0.3, 0.4) is 0 Å². The number of phenols is 1. The Balaban J connectivity index is 1.41. The van der Waals surface area contributed by atoms with Gasteiger partial charge in [0.1, 0.15) is 12.3 Å². The van der Waals surface area contributed by atoms with Crippen molar-refractivity contribution < 1.29 is 14.7 Å². The van der Waals surface area contributed by atoms with Crippen LogP contribution >= 0.6 is 0 Å². The summed E-state index contributed by atoms with van der Waals surface area (Å²) in [5.74, 6) is 0.0953. The maximum absolute atomic E-state index is 12.5. The van der Waals surface area contributed by atoms with E-state index in [1.54, 1.807) is 17.0 Å². The number of imide groups is 1. The summed E-state index contributed by atoms with van der Waals surface area (Å²) >= 11 is 0. The maximum Gasteiger partial charge on any atom is 0.332 e. The van der Waals surface area contributed by atoms with Gasteiger partial charge in [0.25, 0.3) is 5.91 Å². The Labute approximate surface area is 170 Å². The van der Waals surface area contributed by atoms with Crippen molar-refractivity contribution in [1.82, 2.24) is 4.90 Å². The number of rotatable bonds is 4. The van der Waals surface area contributed by atoms with Gasteiger partial charge in [-0.1, -0.05) is 0 Å². The Hall–Kier alpha value is -3.22. The van der Waals surface area contributed by atoms with Gasteiger partial charge in [-0.25, -0.2) is 9.69 Å². The fourth-order valence-corrected chi connectivity index (χ4v) is 3.88. The second-order valence-electron chi connectivity index (χ2n) is 7.74. The topological polar surface area (TPSA) is 67.3 Å². The average Bonchev–Trinajstić information content (AvgIpc) is 3.03. The zero-order valence-electron chi connectivity index (χ0n) is 16.8. The number of carbonyl (C=O) groups is 2. The number of carbonyl (C=O) groups excluding carboxylic acids is 2. The first-order valence-corrected chi connectivity index (χ1v) is 9.96. The van der Waals surface area contributed by atoms with Crippen molar-refractivity contribution in [2.24, 2.45) is 0 Å². The number of amides is 3. The maximum atomic E-state index is 12.5. The third kappa shape index (κ3) is 3.72. The largest absolute Gasteiger partial charge is 0.508 e. The minimum atomic E-state index is -0.250. The number of anilines is 3. The van der Waals surface area contributed by atoms with Crippen LogP contribution in [0.5, 0.6) is 5.75 Å². The molecule has 2 aliphatic heterocycles. The standard InChI is InChI=1S/C22H26N4O3/c1-16(2)25-15-21(28)26(22(25)29)19-5-3-17(4-6-19)23-11-13-24(14-12-23)18-7-9-20(27)10-8-18/h3-10,16,27H,11-15H2,1-2H3. The van der Waals surface area contributed by atoms with Crippen LogP contribution in [-0.2, 0) is 4.79 Å². The Bertz CT molecular complexity index is 887. The molecule has 4 rings (SSSR count). The van der Waals surface area contributed by atoms with Crippen molar-refractivity contribution in [3.05, 3.63) is 48.5 Å². The molecule has 2 aromatic carbocycles. The van der Waals surface area contributed by atoms with E-state index < -0.39 is 0 Å². The lowest BCUT2D eigenvalue weighted by Crippen LogP contribution is -2.46. The number of hydrogen-bond donors (Lipinski definition) is 1. The summed E-state index contributed by atoms with van der Waals surface area (Å²) in [6, 6.07) is 14.7. The number of benzene rings is 2. The van der Waals surface area contributed by atoms with Gasteiger partial charge in [0, 0.05) is 43.6 Å². The van der Waals surface area contributed by atoms with Crippen molar-refractivity contribution in [1.29, 1.82) is 0 Å². The van der Waals surface area contributed by atoms with Gasteiger partial charge in [0.15, 0.2) is 0 Å². The summed E-state index contributed by atoms with van der Waals surface area (Å²) < 4.78 is 0. The Kier molecular flexibility index (Phi) is 5.05. The SMILES string of the molecule is CC(C)N1CC(=O)N(c2ccc(N3CCN(c4ccc(O)cc4)CC3)cc2)C1=O. The van der Waals surface area contributed by atoms with E-state index in [1.807, 2.05) is 50.2 Å². The summed E-state index contributed by atoms with van der Waals surface area (Å²) in [7, 11) is 0. The molecule has 29 heavy (non-hydrogen) atoms. The molecular formula is C22H26N4O3. The number of piperazine rings is 1. The highest BCUT2D eigenvalue weighted by Crippen LogP contribution is 2.27. The molecule has 0 unspecified atom stereocenters. The zero-order chi connectivity index (χ0) is 20.5. The smallest absolute Gasteiger partial charge is 0.332 e. The second kappa shape index (κ2) is 7.66. The average molecular weight is 394 g/mol. The van der Waals surface area contributed by atoms with E-state index in [1.165, 1.54) is 4.90 Å². The molecule has 2 aromatic rings. The van der Waals surface area contributed by atoms with Gasteiger partial charge < -0.3 is 19.8 Å². The Morgan fingerprint density at radius 2 is 1.21 bits per heavy atom. The van der Waals surface area contributed by atoms with Gasteiger partial charge in [0.2, 0.25) is 0 Å². The van der Waals surface area contributed by atoms with E-state index in [0.29, 0.717) is 5.69 Å². The second-order valence-corrected chi connectivity index (χ2v) is 7.74. The lowest BCUT2D eigenvalue weighted by molar-refractivity contribution is -0.116. The summed E-state index contributed by atoms with van der Waals surface area (Å²) in [4.78, 5) is 32.3. The van der Waals surface area contributed by atoms with Crippen molar-refractivity contribution in [3.8, 4) is 5.75 Å². The quantitative estimate of drug-likeness (QED) is 0.808. The fraction of sp³-hybridized carbons (Fsp3) is 0.364. The van der Waals surface area contributed by atoms with E-state index in [2.05, 4.69) is 9.80 Å². The van der Waals surface area contributed by atoms with Crippen molar-refractivity contribution >= 4 is 29.0 Å². The van der Waals surface area contributed by atoms with Gasteiger partial charge in [-0.2, -0.15) is 0 Å². The van der Waals surface area contributed by atoms with Crippen LogP contribution in [0.15, 0.2) is 48.5 Å². The van der Waals surface area contributed by atoms with Crippen molar-refractivity contribution in [3.63, 3.8) is 0 Å². The fourth-order valence-electron chi connectivity index (χ4n) is 3.88. The van der Waals surface area contributed by atoms with Gasteiger partial charge in [0.05, 0.1) is 5.69 Å². The van der Waals surface area contributed by atoms with Crippen LogP contribution in [-0.4, -0.2) is 60.7 Å². The normalized spacial score (nSPS) is 17.6. The molecule has 2 aliphatic rings. The molecule has 0 spiro atoms. The van der Waals surface area contributed by atoms with Crippen LogP contribution in [0.2, 0.25) is 0 Å². The number of phenolic OH excluding ortho intramolecular Hbond substituents is 1. The lowest BCUT2D eigenvalue weighted by Gasteiger charge is -2.37. The molecule has 0 aromatic heterocycles. The van der Waals surface area contributed by atoms with Crippen LogP contribution in [0.1, 0.15) is 13.8 Å². The molecule has 2 heterocycles. The predicted octanol–water partition coefficient (Wildman–Crippen LogP) is 2.90. The first-order valence-electron chi connectivity index (χ1n) is 9.96. The summed E-state index contributed by atoms with van der Waals surface area (Å²) in [5.41, 5.74) is 2.81. The monoisotopic (exact) mass is 394 g/mol. The first kappa shape index (κ1) is 19.1. The molecule has 2 saturated heterocycles. The molecule has 152 valence electrons.